The molecule has 6 heteroatoms. The normalized spacial score (nSPS) is 14.0. The Bertz CT molecular complexity index is 782. The number of carbonyl (C=O) groups excluding carboxylic acids is 1. The van der Waals surface area contributed by atoms with Crippen LogP contribution in [-0.2, 0) is 13.0 Å². The van der Waals surface area contributed by atoms with E-state index in [0.29, 0.717) is 37.0 Å². The molecule has 2 amide bonds. The number of hydrogen-bond acceptors (Lipinski definition) is 3. The van der Waals surface area contributed by atoms with Crippen molar-refractivity contribution in [3.8, 4) is 11.5 Å². The molecule has 0 saturated heterocycles. The number of amides is 2. The van der Waals surface area contributed by atoms with Crippen molar-refractivity contribution in [2.45, 2.75) is 19.4 Å². The van der Waals surface area contributed by atoms with Crippen LogP contribution in [0.25, 0.3) is 0 Å². The van der Waals surface area contributed by atoms with Gasteiger partial charge in [0.25, 0.3) is 0 Å². The molecule has 0 spiro atoms. The minimum absolute atomic E-state index is 0.00469. The van der Waals surface area contributed by atoms with Gasteiger partial charge in [0, 0.05) is 25.0 Å². The number of rotatable bonds is 7. The topological polar surface area (TPSA) is 42.0 Å². The Morgan fingerprint density at radius 2 is 1.78 bits per heavy atom. The van der Waals surface area contributed by atoms with Crippen LogP contribution < -0.4 is 14.4 Å². The summed E-state index contributed by atoms with van der Waals surface area (Å²) in [5.41, 5.74) is 3.02. The van der Waals surface area contributed by atoms with Gasteiger partial charge in [-0.25, -0.2) is 4.79 Å². The predicted molar refractivity (Wildman–Crippen MR) is 108 cm³/mol. The van der Waals surface area contributed by atoms with Crippen molar-refractivity contribution in [3.05, 3.63) is 53.6 Å². The summed E-state index contributed by atoms with van der Waals surface area (Å²) < 4.78 is 10.9. The molecule has 1 heterocycles. The number of fused-ring (bicyclic) bond motifs is 1. The maximum Gasteiger partial charge on any atom is 0.324 e. The van der Waals surface area contributed by atoms with Crippen molar-refractivity contribution < 1.29 is 14.3 Å². The number of hydrogen-bond donors (Lipinski definition) is 0. The number of nitrogens with zero attached hydrogens (tertiary/aromatic N) is 2. The largest absolute Gasteiger partial charge is 0.493 e. The molecule has 1 aliphatic rings. The number of carbonyl (C=O) groups is 1. The second-order valence-corrected chi connectivity index (χ2v) is 6.85. The first-order valence-corrected chi connectivity index (χ1v) is 9.62. The smallest absolute Gasteiger partial charge is 0.324 e. The van der Waals surface area contributed by atoms with E-state index >= 15 is 0 Å². The maximum absolute atomic E-state index is 13.3. The van der Waals surface area contributed by atoms with E-state index in [0.717, 1.165) is 29.7 Å². The van der Waals surface area contributed by atoms with Gasteiger partial charge in [-0.15, -0.1) is 11.6 Å². The Morgan fingerprint density at radius 1 is 1.07 bits per heavy atom. The molecule has 0 N–H and O–H groups in total. The van der Waals surface area contributed by atoms with Crippen molar-refractivity contribution in [1.29, 1.82) is 0 Å². The summed E-state index contributed by atoms with van der Waals surface area (Å²) >= 11 is 5.86. The first kappa shape index (κ1) is 19.4. The van der Waals surface area contributed by atoms with Crippen molar-refractivity contribution >= 4 is 23.3 Å². The van der Waals surface area contributed by atoms with E-state index in [4.69, 9.17) is 21.1 Å². The van der Waals surface area contributed by atoms with Gasteiger partial charge in [-0.05, 0) is 30.0 Å². The lowest BCUT2D eigenvalue weighted by molar-refractivity contribution is 0.206. The van der Waals surface area contributed by atoms with Crippen LogP contribution in [0.15, 0.2) is 42.5 Å². The number of halogens is 1. The lowest BCUT2D eigenvalue weighted by Gasteiger charge is -2.29. The van der Waals surface area contributed by atoms with Gasteiger partial charge in [0.15, 0.2) is 11.5 Å². The van der Waals surface area contributed by atoms with Gasteiger partial charge in [0.05, 0.1) is 26.5 Å². The fraction of sp³-hybridized carbons (Fsp3) is 0.381. The Kier molecular flexibility index (Phi) is 6.45. The lowest BCUT2D eigenvalue weighted by Crippen LogP contribution is -2.42. The van der Waals surface area contributed by atoms with E-state index < -0.39 is 0 Å². The van der Waals surface area contributed by atoms with Gasteiger partial charge in [-0.3, -0.25) is 4.90 Å². The van der Waals surface area contributed by atoms with Crippen LogP contribution in [-0.4, -0.2) is 44.1 Å². The Balaban J connectivity index is 2.02. The molecule has 27 heavy (non-hydrogen) atoms. The average molecular weight is 389 g/mol. The number of benzene rings is 2. The molecule has 0 unspecified atom stereocenters. The summed E-state index contributed by atoms with van der Waals surface area (Å²) in [4.78, 5) is 17.0. The molecular formula is C21H25ClN2O3. The molecule has 144 valence electrons. The first-order valence-electron chi connectivity index (χ1n) is 9.09. The van der Waals surface area contributed by atoms with Crippen molar-refractivity contribution in [1.82, 2.24) is 4.90 Å². The highest BCUT2D eigenvalue weighted by Crippen LogP contribution is 2.37. The predicted octanol–water partition coefficient (Wildman–Crippen LogP) is 4.32. The zero-order valence-corrected chi connectivity index (χ0v) is 16.5. The quantitative estimate of drug-likeness (QED) is 0.663. The van der Waals surface area contributed by atoms with Gasteiger partial charge < -0.3 is 14.4 Å². The molecule has 2 aromatic carbocycles. The molecule has 0 atom stereocenters. The van der Waals surface area contributed by atoms with Crippen LogP contribution >= 0.6 is 11.6 Å². The van der Waals surface area contributed by atoms with E-state index in [9.17, 15) is 4.79 Å². The molecule has 0 saturated carbocycles. The Morgan fingerprint density at radius 3 is 2.44 bits per heavy atom. The molecule has 0 fully saturated rings. The molecule has 0 aromatic heterocycles. The molecule has 0 bridgehead atoms. The van der Waals surface area contributed by atoms with Gasteiger partial charge in [0.1, 0.15) is 0 Å². The van der Waals surface area contributed by atoms with Crippen LogP contribution in [0.4, 0.5) is 10.5 Å². The van der Waals surface area contributed by atoms with E-state index in [1.54, 1.807) is 14.2 Å². The standard InChI is InChI=1S/C21H25ClN2O3/c1-26-19-13-17-9-12-23(11-6-10-22)21(25)24(18(17)14-20(19)27-2)15-16-7-4-3-5-8-16/h3-5,7-8,13-14H,6,9-12,15H2,1-2H3. The van der Waals surface area contributed by atoms with Crippen molar-refractivity contribution in [2.24, 2.45) is 0 Å². The van der Waals surface area contributed by atoms with Crippen molar-refractivity contribution in [3.63, 3.8) is 0 Å². The first-order chi connectivity index (χ1) is 13.2. The highest BCUT2D eigenvalue weighted by molar-refractivity contribution is 6.17. The summed E-state index contributed by atoms with van der Waals surface area (Å²) in [7, 11) is 3.23. The van der Waals surface area contributed by atoms with E-state index in [1.807, 2.05) is 52.3 Å². The third kappa shape index (κ3) is 4.30. The molecule has 0 radical (unpaired) electrons. The third-order valence-corrected chi connectivity index (χ3v) is 5.04. The summed E-state index contributed by atoms with van der Waals surface area (Å²) in [6.07, 6.45) is 1.53. The fourth-order valence-corrected chi connectivity index (χ4v) is 3.48. The van der Waals surface area contributed by atoms with Gasteiger partial charge in [-0.1, -0.05) is 30.3 Å². The van der Waals surface area contributed by atoms with Crippen LogP contribution in [0.3, 0.4) is 0 Å². The van der Waals surface area contributed by atoms with E-state index in [1.165, 1.54) is 0 Å². The summed E-state index contributed by atoms with van der Waals surface area (Å²) in [5.74, 6) is 1.84. The van der Waals surface area contributed by atoms with Crippen LogP contribution in [0, 0.1) is 0 Å². The van der Waals surface area contributed by atoms with Crippen molar-refractivity contribution in [2.75, 3.05) is 38.1 Å². The zero-order valence-electron chi connectivity index (χ0n) is 15.8. The Labute approximate surface area is 165 Å². The molecular weight excluding hydrogens is 364 g/mol. The summed E-state index contributed by atoms with van der Waals surface area (Å²) in [5, 5.41) is 0. The minimum atomic E-state index is -0.00469. The summed E-state index contributed by atoms with van der Waals surface area (Å²) in [6, 6.07) is 13.9. The zero-order chi connectivity index (χ0) is 19.2. The van der Waals surface area contributed by atoms with Gasteiger partial charge in [0.2, 0.25) is 0 Å². The number of alkyl halides is 1. The highest BCUT2D eigenvalue weighted by atomic mass is 35.5. The number of anilines is 1. The highest BCUT2D eigenvalue weighted by Gasteiger charge is 2.29. The van der Waals surface area contributed by atoms with Crippen LogP contribution in [0.1, 0.15) is 17.5 Å². The fourth-order valence-electron chi connectivity index (χ4n) is 3.36. The number of methoxy groups -OCH3 is 2. The molecule has 0 aliphatic carbocycles. The average Bonchev–Trinajstić information content (AvgIpc) is 2.83. The van der Waals surface area contributed by atoms with Gasteiger partial charge >= 0.3 is 6.03 Å². The third-order valence-electron chi connectivity index (χ3n) is 4.77. The monoisotopic (exact) mass is 388 g/mol. The molecule has 1 aliphatic heterocycles. The maximum atomic E-state index is 13.3. The SMILES string of the molecule is COc1cc2c(cc1OC)N(Cc1ccccc1)C(=O)N(CCCCl)CC2. The second kappa shape index (κ2) is 9.00. The van der Waals surface area contributed by atoms with E-state index in [-0.39, 0.29) is 6.03 Å². The van der Waals surface area contributed by atoms with Crippen LogP contribution in [0.5, 0.6) is 11.5 Å². The minimum Gasteiger partial charge on any atom is -0.493 e. The molecule has 3 rings (SSSR count). The molecule has 2 aromatic rings. The second-order valence-electron chi connectivity index (χ2n) is 6.47. The number of ether oxygens (including phenoxy) is 2. The summed E-state index contributed by atoms with van der Waals surface area (Å²) in [6.45, 7) is 1.80. The Hall–Kier alpha value is -2.40. The van der Waals surface area contributed by atoms with Crippen LogP contribution in [0.2, 0.25) is 0 Å². The van der Waals surface area contributed by atoms with E-state index in [2.05, 4.69) is 0 Å². The van der Waals surface area contributed by atoms with Gasteiger partial charge in [-0.2, -0.15) is 0 Å². The molecule has 5 nitrogen and oxygen atoms in total. The lowest BCUT2D eigenvalue weighted by atomic mass is 10.1. The number of urea groups is 1.